The van der Waals surface area contributed by atoms with E-state index in [1.807, 2.05) is 0 Å². The molecular formula is C13H15F3N2O3S. The van der Waals surface area contributed by atoms with E-state index < -0.39 is 21.4 Å². The first-order valence-electron chi connectivity index (χ1n) is 6.69. The summed E-state index contributed by atoms with van der Waals surface area (Å²) in [5, 5.41) is 0. The second-order valence-corrected chi connectivity index (χ2v) is 6.65. The maximum absolute atomic E-state index is 12.2. The smallest absolute Gasteiger partial charge is 0.372 e. The van der Waals surface area contributed by atoms with Gasteiger partial charge in [0.15, 0.2) is 0 Å². The average molecular weight is 336 g/mol. The van der Waals surface area contributed by atoms with Crippen molar-refractivity contribution in [3.63, 3.8) is 0 Å². The number of sulfonamides is 1. The molecule has 5 nitrogen and oxygen atoms in total. The van der Waals surface area contributed by atoms with Gasteiger partial charge in [-0.15, -0.1) is 0 Å². The molecule has 0 aliphatic carbocycles. The Kier molecular flexibility index (Phi) is 4.64. The fraction of sp³-hybridized carbons (Fsp3) is 0.462. The van der Waals surface area contributed by atoms with E-state index in [4.69, 9.17) is 0 Å². The number of rotatable bonds is 3. The number of anilines is 1. The molecule has 1 N–H and O–H groups in total. The monoisotopic (exact) mass is 336 g/mol. The molecule has 0 aromatic heterocycles. The van der Waals surface area contributed by atoms with Gasteiger partial charge in [0.05, 0.1) is 0 Å². The molecule has 1 heterocycles. The van der Waals surface area contributed by atoms with Gasteiger partial charge in [-0.1, -0.05) is 0 Å². The number of halogens is 3. The van der Waals surface area contributed by atoms with Crippen LogP contribution in [0.15, 0.2) is 24.3 Å². The Morgan fingerprint density at radius 3 is 2.09 bits per heavy atom. The molecule has 1 aliphatic heterocycles. The van der Waals surface area contributed by atoms with Crippen LogP contribution in [0.1, 0.15) is 29.6 Å². The molecule has 0 radical (unpaired) electrons. The van der Waals surface area contributed by atoms with Crippen molar-refractivity contribution in [2.45, 2.75) is 24.8 Å². The van der Waals surface area contributed by atoms with Crippen LogP contribution in [0.3, 0.4) is 0 Å². The number of alkyl halides is 3. The van der Waals surface area contributed by atoms with E-state index >= 15 is 0 Å². The summed E-state index contributed by atoms with van der Waals surface area (Å²) in [5.74, 6) is -1.30. The van der Waals surface area contributed by atoms with Gasteiger partial charge in [-0.3, -0.25) is 4.79 Å². The molecule has 0 atom stereocenters. The maximum Gasteiger partial charge on any atom is 0.516 e. The topological polar surface area (TPSA) is 66.5 Å². The van der Waals surface area contributed by atoms with E-state index in [2.05, 4.69) is 4.90 Å². The molecule has 1 saturated heterocycles. The van der Waals surface area contributed by atoms with Gasteiger partial charge in [-0.05, 0) is 43.5 Å². The Balaban J connectivity index is 2.08. The number of nitrogens with zero attached hydrogens (tertiary/aromatic N) is 1. The molecule has 2 rings (SSSR count). The molecular weight excluding hydrogens is 321 g/mol. The highest BCUT2D eigenvalue weighted by Gasteiger charge is 2.47. The number of amides is 1. The predicted octanol–water partition coefficient (Wildman–Crippen LogP) is 2.26. The summed E-state index contributed by atoms with van der Waals surface area (Å²) >= 11 is 0. The van der Waals surface area contributed by atoms with Gasteiger partial charge < -0.3 is 4.90 Å². The molecule has 0 unspecified atom stereocenters. The first-order chi connectivity index (χ1) is 10.2. The van der Waals surface area contributed by atoms with Gasteiger partial charge in [0.2, 0.25) is 0 Å². The lowest BCUT2D eigenvalue weighted by Crippen LogP contribution is -2.40. The predicted molar refractivity (Wildman–Crippen MR) is 74.9 cm³/mol. The zero-order chi connectivity index (χ0) is 16.4. The largest absolute Gasteiger partial charge is 0.516 e. The van der Waals surface area contributed by atoms with Gasteiger partial charge in [0.25, 0.3) is 5.91 Å². The van der Waals surface area contributed by atoms with Crippen molar-refractivity contribution < 1.29 is 26.4 Å². The van der Waals surface area contributed by atoms with Crippen molar-refractivity contribution >= 4 is 21.6 Å². The Hall–Kier alpha value is -1.77. The molecule has 0 spiro atoms. The van der Waals surface area contributed by atoms with Crippen LogP contribution in [0.5, 0.6) is 0 Å². The van der Waals surface area contributed by atoms with E-state index in [-0.39, 0.29) is 5.56 Å². The highest BCUT2D eigenvalue weighted by atomic mass is 32.2. The molecule has 1 fully saturated rings. The summed E-state index contributed by atoms with van der Waals surface area (Å²) in [7, 11) is -5.69. The van der Waals surface area contributed by atoms with Crippen molar-refractivity contribution in [1.29, 1.82) is 0 Å². The minimum absolute atomic E-state index is 0.145. The summed E-state index contributed by atoms with van der Waals surface area (Å²) in [4.78, 5) is 13.7. The number of hydrogen-bond acceptors (Lipinski definition) is 4. The fourth-order valence-corrected chi connectivity index (χ4v) is 2.69. The quantitative estimate of drug-likeness (QED) is 0.919. The summed E-state index contributed by atoms with van der Waals surface area (Å²) in [6.07, 6.45) is 3.28. The van der Waals surface area contributed by atoms with Crippen LogP contribution >= 0.6 is 0 Å². The van der Waals surface area contributed by atoms with Crippen LogP contribution in [-0.4, -0.2) is 32.9 Å². The van der Waals surface area contributed by atoms with Crippen LogP contribution < -0.4 is 9.62 Å². The number of benzene rings is 1. The van der Waals surface area contributed by atoms with Crippen molar-refractivity contribution in [1.82, 2.24) is 4.72 Å². The van der Waals surface area contributed by atoms with Crippen LogP contribution in [0.25, 0.3) is 0 Å². The standard InChI is InChI=1S/C13H15F3N2O3S/c14-13(15,16)22(20,21)17-12(19)10-4-6-11(7-5-10)18-8-2-1-3-9-18/h4-7H,1-3,8-9H2,(H,17,19). The van der Waals surface area contributed by atoms with Crippen molar-refractivity contribution in [2.24, 2.45) is 0 Å². The first kappa shape index (κ1) is 16.6. The van der Waals surface area contributed by atoms with Gasteiger partial charge >= 0.3 is 15.5 Å². The first-order valence-corrected chi connectivity index (χ1v) is 8.17. The van der Waals surface area contributed by atoms with Crippen LogP contribution in [0.4, 0.5) is 18.9 Å². The Morgan fingerprint density at radius 2 is 1.59 bits per heavy atom. The fourth-order valence-electron chi connectivity index (χ4n) is 2.21. The lowest BCUT2D eigenvalue weighted by Gasteiger charge is -2.28. The van der Waals surface area contributed by atoms with Crippen molar-refractivity contribution in [3.05, 3.63) is 29.8 Å². The molecule has 1 aromatic carbocycles. The second kappa shape index (κ2) is 6.15. The third kappa shape index (κ3) is 3.70. The number of nitrogens with one attached hydrogen (secondary N) is 1. The van der Waals surface area contributed by atoms with Gasteiger partial charge in [0, 0.05) is 24.3 Å². The normalized spacial score (nSPS) is 16.4. The molecule has 0 bridgehead atoms. The second-order valence-electron chi connectivity index (χ2n) is 4.97. The van der Waals surface area contributed by atoms with E-state index in [1.165, 1.54) is 12.1 Å². The lowest BCUT2D eigenvalue weighted by atomic mass is 10.1. The molecule has 9 heteroatoms. The summed E-state index contributed by atoms with van der Waals surface area (Å²) in [6.45, 7) is 1.77. The van der Waals surface area contributed by atoms with E-state index in [1.54, 1.807) is 12.1 Å². The van der Waals surface area contributed by atoms with Crippen molar-refractivity contribution in [2.75, 3.05) is 18.0 Å². The minimum atomic E-state index is -5.69. The number of piperidine rings is 1. The van der Waals surface area contributed by atoms with Crippen LogP contribution in [-0.2, 0) is 10.0 Å². The van der Waals surface area contributed by atoms with E-state index in [0.717, 1.165) is 42.8 Å². The Morgan fingerprint density at radius 1 is 1.05 bits per heavy atom. The maximum atomic E-state index is 12.2. The third-order valence-electron chi connectivity index (χ3n) is 3.38. The van der Waals surface area contributed by atoms with Gasteiger partial charge in [0.1, 0.15) is 0 Å². The van der Waals surface area contributed by atoms with Crippen LogP contribution in [0, 0.1) is 0 Å². The average Bonchev–Trinajstić information content (AvgIpc) is 2.47. The SMILES string of the molecule is O=C(NS(=O)(=O)C(F)(F)F)c1ccc(N2CCCCC2)cc1. The van der Waals surface area contributed by atoms with Crippen molar-refractivity contribution in [3.8, 4) is 0 Å². The molecule has 1 aromatic rings. The van der Waals surface area contributed by atoms with Gasteiger partial charge in [-0.2, -0.15) is 21.6 Å². The molecule has 122 valence electrons. The molecule has 1 amide bonds. The lowest BCUT2D eigenvalue weighted by molar-refractivity contribution is -0.0446. The number of carbonyl (C=O) groups is 1. The number of hydrogen-bond donors (Lipinski definition) is 1. The van der Waals surface area contributed by atoms with Gasteiger partial charge in [-0.25, -0.2) is 4.72 Å². The Bertz CT molecular complexity index is 635. The molecule has 1 aliphatic rings. The van der Waals surface area contributed by atoms with E-state index in [9.17, 15) is 26.4 Å². The number of carbonyl (C=O) groups excluding carboxylic acids is 1. The summed E-state index contributed by atoms with van der Waals surface area (Å²) in [5.41, 5.74) is -4.81. The Labute approximate surface area is 126 Å². The highest BCUT2D eigenvalue weighted by molar-refractivity contribution is 7.90. The summed E-state index contributed by atoms with van der Waals surface area (Å²) in [6, 6.07) is 5.82. The third-order valence-corrected chi connectivity index (χ3v) is 4.45. The summed E-state index contributed by atoms with van der Waals surface area (Å²) < 4.78 is 59.4. The zero-order valence-electron chi connectivity index (χ0n) is 11.6. The van der Waals surface area contributed by atoms with Crippen LogP contribution in [0.2, 0.25) is 0 Å². The zero-order valence-corrected chi connectivity index (χ0v) is 12.4. The van der Waals surface area contributed by atoms with E-state index in [0.29, 0.717) is 0 Å². The molecule has 22 heavy (non-hydrogen) atoms. The highest BCUT2D eigenvalue weighted by Crippen LogP contribution is 2.23. The molecule has 0 saturated carbocycles. The minimum Gasteiger partial charge on any atom is -0.372 e.